The van der Waals surface area contributed by atoms with Crippen molar-refractivity contribution in [2.24, 2.45) is 0 Å². The normalized spacial score (nSPS) is 25.2. The van der Waals surface area contributed by atoms with Crippen LogP contribution in [0.4, 0.5) is 0 Å². The zero-order chi connectivity index (χ0) is 22.4. The van der Waals surface area contributed by atoms with Crippen LogP contribution in [0.1, 0.15) is 40.7 Å². The molecule has 164 valence electrons. The van der Waals surface area contributed by atoms with Gasteiger partial charge < -0.3 is 18.8 Å². The Hall–Kier alpha value is -3.06. The van der Waals surface area contributed by atoms with Crippen molar-refractivity contribution in [3.63, 3.8) is 0 Å². The van der Waals surface area contributed by atoms with Crippen LogP contribution in [0.2, 0.25) is 5.02 Å². The zero-order valence-corrected chi connectivity index (χ0v) is 18.9. The molecule has 2 aliphatic heterocycles. The summed E-state index contributed by atoms with van der Waals surface area (Å²) in [6.45, 7) is 7.46. The summed E-state index contributed by atoms with van der Waals surface area (Å²) in [7, 11) is 0. The van der Waals surface area contributed by atoms with Crippen molar-refractivity contribution in [1.82, 2.24) is 19.0 Å². The van der Waals surface area contributed by atoms with Gasteiger partial charge in [-0.05, 0) is 44.5 Å². The molecule has 1 fully saturated rings. The SMILES string of the molecule is Cc1cc(Cl)c2c(c1)[C@]1(CN3CCn4c(ccc(-n5cnc(C)c5)c4=O)C3=O)C[C@]1(C)O2. The number of pyridine rings is 1. The Kier molecular flexibility index (Phi) is 3.83. The van der Waals surface area contributed by atoms with Crippen LogP contribution < -0.4 is 10.3 Å². The quantitative estimate of drug-likeness (QED) is 0.614. The molecule has 0 N–H and O–H groups in total. The number of benzene rings is 1. The van der Waals surface area contributed by atoms with E-state index in [0.717, 1.165) is 29.0 Å². The lowest BCUT2D eigenvalue weighted by Crippen LogP contribution is -2.48. The van der Waals surface area contributed by atoms with Crippen molar-refractivity contribution >= 4 is 17.5 Å². The molecule has 4 heterocycles. The van der Waals surface area contributed by atoms with E-state index in [1.807, 2.05) is 24.8 Å². The molecule has 32 heavy (non-hydrogen) atoms. The van der Waals surface area contributed by atoms with Crippen LogP contribution in [-0.4, -0.2) is 43.6 Å². The fourth-order valence-electron chi connectivity index (χ4n) is 5.45. The topological polar surface area (TPSA) is 69.4 Å². The predicted molar refractivity (Wildman–Crippen MR) is 120 cm³/mol. The number of imidazole rings is 1. The standard InChI is InChI=1S/C24H23ClN4O3/c1-14-8-16-20(17(25)9-14)32-23(3)11-24(16,23)12-27-6-7-29-19(21(27)30)5-4-18(22(29)31)28-10-15(2)26-13-28/h4-5,8-10,13H,6-7,11-12H2,1-3H3/t23-,24+/m0/s1. The van der Waals surface area contributed by atoms with E-state index >= 15 is 0 Å². The monoisotopic (exact) mass is 450 g/mol. The third-order valence-corrected chi connectivity index (χ3v) is 7.54. The number of ether oxygens (including phenoxy) is 1. The van der Waals surface area contributed by atoms with Crippen molar-refractivity contribution in [2.45, 2.75) is 44.8 Å². The summed E-state index contributed by atoms with van der Waals surface area (Å²) < 4.78 is 9.54. The van der Waals surface area contributed by atoms with Gasteiger partial charge in [0.25, 0.3) is 11.5 Å². The van der Waals surface area contributed by atoms with E-state index in [2.05, 4.69) is 18.0 Å². The van der Waals surface area contributed by atoms with Crippen LogP contribution in [0, 0.1) is 13.8 Å². The van der Waals surface area contributed by atoms with E-state index in [1.165, 1.54) is 0 Å². The molecule has 6 rings (SSSR count). The summed E-state index contributed by atoms with van der Waals surface area (Å²) in [6, 6.07) is 7.49. The Bertz CT molecular complexity index is 1380. The molecule has 1 amide bonds. The Morgan fingerprint density at radius 2 is 2.00 bits per heavy atom. The van der Waals surface area contributed by atoms with Gasteiger partial charge in [0.1, 0.15) is 22.7 Å². The second kappa shape index (κ2) is 6.25. The molecule has 3 aliphatic rings. The molecule has 7 nitrogen and oxygen atoms in total. The van der Waals surface area contributed by atoms with Gasteiger partial charge in [0.2, 0.25) is 0 Å². The second-order valence-corrected chi connectivity index (χ2v) is 9.83. The van der Waals surface area contributed by atoms with Gasteiger partial charge in [-0.3, -0.25) is 9.59 Å². The third-order valence-electron chi connectivity index (χ3n) is 7.26. The summed E-state index contributed by atoms with van der Waals surface area (Å²) in [4.78, 5) is 32.5. The summed E-state index contributed by atoms with van der Waals surface area (Å²) in [6.07, 6.45) is 4.27. The van der Waals surface area contributed by atoms with E-state index in [-0.39, 0.29) is 22.5 Å². The number of fused-ring (bicyclic) bond motifs is 4. The maximum Gasteiger partial charge on any atom is 0.275 e. The smallest absolute Gasteiger partial charge is 0.275 e. The van der Waals surface area contributed by atoms with Gasteiger partial charge in [-0.1, -0.05) is 17.7 Å². The maximum atomic E-state index is 13.4. The molecule has 1 saturated carbocycles. The number of carbonyl (C=O) groups is 1. The zero-order valence-electron chi connectivity index (χ0n) is 18.2. The lowest BCUT2D eigenvalue weighted by Gasteiger charge is -2.32. The Labute approximate surface area is 190 Å². The molecule has 1 aliphatic carbocycles. The van der Waals surface area contributed by atoms with Crippen LogP contribution in [0.5, 0.6) is 5.75 Å². The Morgan fingerprint density at radius 3 is 2.75 bits per heavy atom. The lowest BCUT2D eigenvalue weighted by atomic mass is 9.91. The van der Waals surface area contributed by atoms with Crippen LogP contribution >= 0.6 is 11.6 Å². The molecule has 8 heteroatoms. The van der Waals surface area contributed by atoms with Crippen molar-refractivity contribution in [2.75, 3.05) is 13.1 Å². The number of hydrogen-bond donors (Lipinski definition) is 0. The van der Waals surface area contributed by atoms with E-state index in [4.69, 9.17) is 16.3 Å². The minimum Gasteiger partial charge on any atom is -0.485 e. The van der Waals surface area contributed by atoms with Crippen LogP contribution in [0.15, 0.2) is 41.6 Å². The van der Waals surface area contributed by atoms with Crippen molar-refractivity contribution < 1.29 is 9.53 Å². The van der Waals surface area contributed by atoms with Crippen LogP contribution in [0.3, 0.4) is 0 Å². The average molecular weight is 451 g/mol. The molecule has 2 atom stereocenters. The summed E-state index contributed by atoms with van der Waals surface area (Å²) >= 11 is 6.46. The third kappa shape index (κ3) is 2.51. The molecule has 0 bridgehead atoms. The van der Waals surface area contributed by atoms with Gasteiger partial charge in [0.15, 0.2) is 0 Å². The average Bonchev–Trinajstić information content (AvgIpc) is 2.99. The van der Waals surface area contributed by atoms with E-state index in [1.54, 1.807) is 33.8 Å². The first kappa shape index (κ1) is 19.6. The van der Waals surface area contributed by atoms with E-state index in [9.17, 15) is 9.59 Å². The van der Waals surface area contributed by atoms with Crippen molar-refractivity contribution in [3.8, 4) is 11.4 Å². The molecule has 3 aromatic rings. The number of aryl methyl sites for hydroxylation is 2. The number of hydrogen-bond acceptors (Lipinski definition) is 4. The predicted octanol–water partition coefficient (Wildman–Crippen LogP) is 3.25. The number of amides is 1. The van der Waals surface area contributed by atoms with Gasteiger partial charge in [-0.15, -0.1) is 0 Å². The van der Waals surface area contributed by atoms with Crippen LogP contribution in [-0.2, 0) is 12.0 Å². The molecule has 0 saturated heterocycles. The van der Waals surface area contributed by atoms with Gasteiger partial charge in [-0.2, -0.15) is 0 Å². The van der Waals surface area contributed by atoms with Crippen molar-refractivity contribution in [1.29, 1.82) is 0 Å². The highest BCUT2D eigenvalue weighted by Crippen LogP contribution is 2.68. The fraction of sp³-hybridized carbons (Fsp3) is 0.375. The number of aromatic nitrogens is 3. The van der Waals surface area contributed by atoms with E-state index in [0.29, 0.717) is 36.0 Å². The van der Waals surface area contributed by atoms with Gasteiger partial charge in [-0.25, -0.2) is 4.98 Å². The van der Waals surface area contributed by atoms with Crippen molar-refractivity contribution in [3.05, 3.63) is 74.7 Å². The maximum absolute atomic E-state index is 13.4. The molecule has 0 radical (unpaired) electrons. The Balaban J connectivity index is 1.34. The number of carbonyl (C=O) groups excluding carboxylic acids is 1. The Morgan fingerprint density at radius 1 is 1.19 bits per heavy atom. The first-order valence-electron chi connectivity index (χ1n) is 10.8. The molecular weight excluding hydrogens is 428 g/mol. The van der Waals surface area contributed by atoms with E-state index < -0.39 is 0 Å². The largest absolute Gasteiger partial charge is 0.485 e. The second-order valence-electron chi connectivity index (χ2n) is 9.42. The lowest BCUT2D eigenvalue weighted by molar-refractivity contribution is 0.0666. The highest BCUT2D eigenvalue weighted by atomic mass is 35.5. The molecular formula is C24H23ClN4O3. The highest BCUT2D eigenvalue weighted by Gasteiger charge is 2.73. The minimum atomic E-state index is -0.354. The van der Waals surface area contributed by atoms with Gasteiger partial charge >= 0.3 is 0 Å². The number of halogens is 1. The summed E-state index contributed by atoms with van der Waals surface area (Å²) in [5, 5.41) is 0.622. The highest BCUT2D eigenvalue weighted by molar-refractivity contribution is 6.32. The first-order valence-corrected chi connectivity index (χ1v) is 11.1. The van der Waals surface area contributed by atoms with Gasteiger partial charge in [0, 0.05) is 37.8 Å². The molecule has 0 unspecified atom stereocenters. The molecule has 0 spiro atoms. The fourth-order valence-corrected chi connectivity index (χ4v) is 5.77. The number of nitrogens with zero attached hydrogens (tertiary/aromatic N) is 4. The summed E-state index contributed by atoms with van der Waals surface area (Å²) in [5.41, 5.74) is 3.12. The van der Waals surface area contributed by atoms with Gasteiger partial charge in [0.05, 0.1) is 22.5 Å². The first-order chi connectivity index (χ1) is 15.2. The van der Waals surface area contributed by atoms with Crippen LogP contribution in [0.25, 0.3) is 5.69 Å². The molecule has 2 aromatic heterocycles. The summed E-state index contributed by atoms with van der Waals surface area (Å²) in [5.74, 6) is 0.616. The minimum absolute atomic E-state index is 0.127. The molecule has 1 aromatic carbocycles. The number of rotatable bonds is 3.